The highest BCUT2D eigenvalue weighted by Gasteiger charge is 2.04. The smallest absolute Gasteiger partial charge is 0.0535 e. The lowest BCUT2D eigenvalue weighted by atomic mass is 10.1. The Bertz CT molecular complexity index is 197. The van der Waals surface area contributed by atoms with Crippen LogP contribution in [0.25, 0.3) is 0 Å². The number of rotatable bonds is 3. The Labute approximate surface area is 80.7 Å². The standard InChI is InChI=1S/C8H11IN2/c9-11-8(6-10)7-4-2-1-3-5-7/h1-5,8,11H,6,10H2. The zero-order chi connectivity index (χ0) is 8.10. The molecule has 0 spiro atoms. The van der Waals surface area contributed by atoms with Gasteiger partial charge in [-0.25, -0.2) is 0 Å². The summed E-state index contributed by atoms with van der Waals surface area (Å²) in [5.74, 6) is 0. The van der Waals surface area contributed by atoms with Crippen molar-refractivity contribution in [2.24, 2.45) is 5.73 Å². The zero-order valence-corrected chi connectivity index (χ0v) is 8.28. The molecule has 0 aromatic heterocycles. The fourth-order valence-electron chi connectivity index (χ4n) is 0.929. The molecule has 0 amide bonds. The molecule has 0 radical (unpaired) electrons. The molecule has 3 N–H and O–H groups in total. The summed E-state index contributed by atoms with van der Waals surface area (Å²) in [6, 6.07) is 10.5. The second kappa shape index (κ2) is 4.69. The van der Waals surface area contributed by atoms with Gasteiger partial charge in [0.05, 0.1) is 6.04 Å². The van der Waals surface area contributed by atoms with Gasteiger partial charge in [-0.15, -0.1) is 0 Å². The van der Waals surface area contributed by atoms with Crippen molar-refractivity contribution in [2.75, 3.05) is 6.54 Å². The van der Waals surface area contributed by atoms with Crippen LogP contribution >= 0.6 is 22.9 Å². The molecule has 0 heterocycles. The average molecular weight is 262 g/mol. The first-order valence-electron chi connectivity index (χ1n) is 3.49. The molecule has 11 heavy (non-hydrogen) atoms. The Morgan fingerprint density at radius 2 is 2.00 bits per heavy atom. The van der Waals surface area contributed by atoms with E-state index in [1.54, 1.807) is 0 Å². The van der Waals surface area contributed by atoms with Gasteiger partial charge in [0.1, 0.15) is 0 Å². The minimum Gasteiger partial charge on any atom is -0.329 e. The van der Waals surface area contributed by atoms with Gasteiger partial charge in [-0.3, -0.25) is 3.53 Å². The SMILES string of the molecule is NCC(NI)c1ccccc1. The van der Waals surface area contributed by atoms with Crippen LogP contribution in [0.15, 0.2) is 30.3 Å². The van der Waals surface area contributed by atoms with E-state index < -0.39 is 0 Å². The maximum absolute atomic E-state index is 5.55. The second-order valence-electron chi connectivity index (χ2n) is 2.31. The molecule has 1 unspecified atom stereocenters. The highest BCUT2D eigenvalue weighted by atomic mass is 127. The highest BCUT2D eigenvalue weighted by molar-refractivity contribution is 14.1. The van der Waals surface area contributed by atoms with Gasteiger partial charge in [-0.2, -0.15) is 0 Å². The molecule has 1 atom stereocenters. The number of nitrogens with two attached hydrogens (primary N) is 1. The van der Waals surface area contributed by atoms with Crippen molar-refractivity contribution in [3.63, 3.8) is 0 Å². The zero-order valence-electron chi connectivity index (χ0n) is 6.13. The van der Waals surface area contributed by atoms with Crippen LogP contribution in [0.3, 0.4) is 0 Å². The van der Waals surface area contributed by atoms with Crippen LogP contribution < -0.4 is 9.26 Å². The van der Waals surface area contributed by atoms with Gasteiger partial charge in [0, 0.05) is 29.4 Å². The number of hydrogen-bond donors (Lipinski definition) is 2. The molecule has 0 aliphatic heterocycles. The van der Waals surface area contributed by atoms with Crippen LogP contribution in [-0.2, 0) is 0 Å². The van der Waals surface area contributed by atoms with Crippen molar-refractivity contribution in [1.29, 1.82) is 0 Å². The first kappa shape index (κ1) is 8.96. The van der Waals surface area contributed by atoms with E-state index in [-0.39, 0.29) is 6.04 Å². The molecule has 0 aliphatic rings. The summed E-state index contributed by atoms with van der Waals surface area (Å²) in [6.45, 7) is 0.632. The molecule has 2 nitrogen and oxygen atoms in total. The van der Waals surface area contributed by atoms with Crippen molar-refractivity contribution in [3.8, 4) is 0 Å². The first-order chi connectivity index (χ1) is 5.38. The number of nitrogens with one attached hydrogen (secondary N) is 1. The van der Waals surface area contributed by atoms with E-state index in [9.17, 15) is 0 Å². The molecule has 1 aromatic rings. The summed E-state index contributed by atoms with van der Waals surface area (Å²) < 4.78 is 3.11. The Morgan fingerprint density at radius 3 is 2.45 bits per heavy atom. The maximum atomic E-state index is 5.55. The van der Waals surface area contributed by atoms with Gasteiger partial charge >= 0.3 is 0 Å². The average Bonchev–Trinajstić information content (AvgIpc) is 2.09. The first-order valence-corrected chi connectivity index (χ1v) is 4.57. The molecule has 1 aromatic carbocycles. The van der Waals surface area contributed by atoms with E-state index in [2.05, 4.69) is 38.5 Å². The van der Waals surface area contributed by atoms with Crippen LogP contribution in [-0.4, -0.2) is 6.54 Å². The van der Waals surface area contributed by atoms with E-state index in [4.69, 9.17) is 5.73 Å². The third kappa shape index (κ3) is 2.43. The molecule has 60 valence electrons. The summed E-state index contributed by atoms with van der Waals surface area (Å²) in [6.07, 6.45) is 0. The minimum absolute atomic E-state index is 0.275. The van der Waals surface area contributed by atoms with Gasteiger partial charge in [-0.1, -0.05) is 30.3 Å². The summed E-state index contributed by atoms with van der Waals surface area (Å²) in [5, 5.41) is 0. The van der Waals surface area contributed by atoms with Crippen LogP contribution in [0.4, 0.5) is 0 Å². The highest BCUT2D eigenvalue weighted by Crippen LogP contribution is 2.11. The van der Waals surface area contributed by atoms with Crippen molar-refractivity contribution < 1.29 is 0 Å². The molecule has 3 heteroatoms. The molecule has 0 aliphatic carbocycles. The number of hydrogen-bond acceptors (Lipinski definition) is 2. The van der Waals surface area contributed by atoms with Crippen LogP contribution in [0.1, 0.15) is 11.6 Å². The number of halogens is 1. The molecule has 0 saturated carbocycles. The van der Waals surface area contributed by atoms with Crippen molar-refractivity contribution in [1.82, 2.24) is 3.53 Å². The van der Waals surface area contributed by atoms with Crippen molar-refractivity contribution >= 4 is 22.9 Å². The lowest BCUT2D eigenvalue weighted by Crippen LogP contribution is -2.20. The van der Waals surface area contributed by atoms with Gasteiger partial charge < -0.3 is 5.73 Å². The molecular formula is C8H11IN2. The minimum atomic E-state index is 0.275. The second-order valence-corrected chi connectivity index (χ2v) is 2.93. The summed E-state index contributed by atoms with van der Waals surface area (Å²) in [7, 11) is 0. The van der Waals surface area contributed by atoms with E-state index in [0.717, 1.165) is 0 Å². The quantitative estimate of drug-likeness (QED) is 0.641. The van der Waals surface area contributed by atoms with E-state index in [1.807, 2.05) is 18.2 Å². The normalized spacial score (nSPS) is 12.9. The fourth-order valence-corrected chi connectivity index (χ4v) is 1.54. The van der Waals surface area contributed by atoms with E-state index >= 15 is 0 Å². The Balaban J connectivity index is 2.74. The summed E-state index contributed by atoms with van der Waals surface area (Å²) >= 11 is 2.12. The predicted molar refractivity (Wildman–Crippen MR) is 55.4 cm³/mol. The van der Waals surface area contributed by atoms with E-state index in [1.165, 1.54) is 5.56 Å². The fraction of sp³-hybridized carbons (Fsp3) is 0.250. The van der Waals surface area contributed by atoms with Gasteiger partial charge in [0.25, 0.3) is 0 Å². The van der Waals surface area contributed by atoms with Crippen LogP contribution in [0.2, 0.25) is 0 Å². The summed E-state index contributed by atoms with van der Waals surface area (Å²) in [4.78, 5) is 0. The number of benzene rings is 1. The lowest BCUT2D eigenvalue weighted by molar-refractivity contribution is 0.706. The molecule has 0 fully saturated rings. The maximum Gasteiger partial charge on any atom is 0.0535 e. The molecule has 1 rings (SSSR count). The third-order valence-electron chi connectivity index (χ3n) is 1.57. The monoisotopic (exact) mass is 262 g/mol. The Morgan fingerprint density at radius 1 is 1.36 bits per heavy atom. The van der Waals surface area contributed by atoms with Gasteiger partial charge in [0.15, 0.2) is 0 Å². The lowest BCUT2D eigenvalue weighted by Gasteiger charge is -2.11. The topological polar surface area (TPSA) is 38.0 Å². The predicted octanol–water partition coefficient (Wildman–Crippen LogP) is 1.63. The van der Waals surface area contributed by atoms with Gasteiger partial charge in [0.2, 0.25) is 0 Å². The van der Waals surface area contributed by atoms with Crippen molar-refractivity contribution in [2.45, 2.75) is 6.04 Å². The molecule has 0 saturated heterocycles. The van der Waals surface area contributed by atoms with E-state index in [0.29, 0.717) is 6.54 Å². The van der Waals surface area contributed by atoms with Crippen LogP contribution in [0, 0.1) is 0 Å². The Hall–Kier alpha value is -0.130. The van der Waals surface area contributed by atoms with Crippen molar-refractivity contribution in [3.05, 3.63) is 35.9 Å². The van der Waals surface area contributed by atoms with Gasteiger partial charge in [-0.05, 0) is 5.56 Å². The molecule has 0 bridgehead atoms. The van der Waals surface area contributed by atoms with Crippen LogP contribution in [0.5, 0.6) is 0 Å². The molecular weight excluding hydrogens is 251 g/mol. The Kier molecular flexibility index (Phi) is 3.82. The largest absolute Gasteiger partial charge is 0.329 e. The summed E-state index contributed by atoms with van der Waals surface area (Å²) in [5.41, 5.74) is 6.79. The third-order valence-corrected chi connectivity index (χ3v) is 2.32.